The third-order valence-corrected chi connectivity index (χ3v) is 4.17. The monoisotopic (exact) mass is 222 g/mol. The SMILES string of the molecule is CCC/C=C/CN1CCC2(CCNCC2)C1. The lowest BCUT2D eigenvalue weighted by Gasteiger charge is -2.33. The highest BCUT2D eigenvalue weighted by molar-refractivity contribution is 4.95. The Bertz CT molecular complexity index is 229. The van der Waals surface area contributed by atoms with Crippen LogP contribution in [0.5, 0.6) is 0 Å². The van der Waals surface area contributed by atoms with Gasteiger partial charge in [0.25, 0.3) is 0 Å². The summed E-state index contributed by atoms with van der Waals surface area (Å²) >= 11 is 0. The molecule has 0 saturated carbocycles. The first-order valence-corrected chi connectivity index (χ1v) is 6.93. The summed E-state index contributed by atoms with van der Waals surface area (Å²) in [6.07, 6.45) is 11.4. The van der Waals surface area contributed by atoms with E-state index in [-0.39, 0.29) is 0 Å². The molecule has 0 atom stereocenters. The second kappa shape index (κ2) is 5.83. The smallest absolute Gasteiger partial charge is 0.0163 e. The van der Waals surface area contributed by atoms with Gasteiger partial charge < -0.3 is 5.32 Å². The number of rotatable bonds is 4. The lowest BCUT2D eigenvalue weighted by Crippen LogP contribution is -2.38. The van der Waals surface area contributed by atoms with E-state index in [1.54, 1.807) is 0 Å². The van der Waals surface area contributed by atoms with E-state index in [1.807, 2.05) is 0 Å². The largest absolute Gasteiger partial charge is 0.317 e. The van der Waals surface area contributed by atoms with Crippen LogP contribution in [-0.2, 0) is 0 Å². The van der Waals surface area contributed by atoms with Crippen molar-refractivity contribution in [2.24, 2.45) is 5.41 Å². The van der Waals surface area contributed by atoms with Crippen molar-refractivity contribution in [2.45, 2.75) is 39.0 Å². The minimum Gasteiger partial charge on any atom is -0.317 e. The second-order valence-electron chi connectivity index (χ2n) is 5.50. The number of allylic oxidation sites excluding steroid dienone is 1. The number of piperidine rings is 1. The van der Waals surface area contributed by atoms with Crippen molar-refractivity contribution in [3.63, 3.8) is 0 Å². The summed E-state index contributed by atoms with van der Waals surface area (Å²) in [6.45, 7) is 8.54. The van der Waals surface area contributed by atoms with Gasteiger partial charge in [-0.2, -0.15) is 0 Å². The molecular formula is C14H26N2. The molecule has 2 fully saturated rings. The summed E-state index contributed by atoms with van der Waals surface area (Å²) < 4.78 is 0. The normalized spacial score (nSPS) is 25.8. The molecule has 2 aliphatic rings. The number of hydrogen-bond donors (Lipinski definition) is 1. The van der Waals surface area contributed by atoms with E-state index in [0.717, 1.165) is 0 Å². The number of likely N-dealkylation sites (tertiary alicyclic amines) is 1. The van der Waals surface area contributed by atoms with E-state index in [1.165, 1.54) is 64.8 Å². The van der Waals surface area contributed by atoms with E-state index in [0.29, 0.717) is 5.41 Å². The van der Waals surface area contributed by atoms with Gasteiger partial charge in [-0.3, -0.25) is 4.90 Å². The molecule has 2 nitrogen and oxygen atoms in total. The Morgan fingerprint density at radius 2 is 2.00 bits per heavy atom. The maximum Gasteiger partial charge on any atom is 0.0163 e. The predicted octanol–water partition coefficient (Wildman–Crippen LogP) is 2.42. The van der Waals surface area contributed by atoms with Gasteiger partial charge in [0, 0.05) is 13.1 Å². The van der Waals surface area contributed by atoms with Crippen molar-refractivity contribution < 1.29 is 0 Å². The van der Waals surface area contributed by atoms with Crippen LogP contribution in [0.2, 0.25) is 0 Å². The lowest BCUT2D eigenvalue weighted by molar-refractivity contribution is 0.202. The third-order valence-electron chi connectivity index (χ3n) is 4.17. The molecule has 92 valence electrons. The zero-order chi connectivity index (χ0) is 11.3. The molecule has 0 aromatic carbocycles. The second-order valence-corrected chi connectivity index (χ2v) is 5.50. The van der Waals surface area contributed by atoms with Crippen molar-refractivity contribution in [1.82, 2.24) is 10.2 Å². The zero-order valence-corrected chi connectivity index (χ0v) is 10.7. The maximum absolute atomic E-state index is 3.48. The highest BCUT2D eigenvalue weighted by Crippen LogP contribution is 2.38. The van der Waals surface area contributed by atoms with Crippen molar-refractivity contribution in [1.29, 1.82) is 0 Å². The Balaban J connectivity index is 1.74. The first kappa shape index (κ1) is 12.1. The first-order valence-electron chi connectivity index (χ1n) is 6.93. The van der Waals surface area contributed by atoms with Gasteiger partial charge in [-0.25, -0.2) is 0 Å². The fourth-order valence-corrected chi connectivity index (χ4v) is 3.06. The summed E-state index contributed by atoms with van der Waals surface area (Å²) in [5, 5.41) is 3.48. The topological polar surface area (TPSA) is 15.3 Å². The average molecular weight is 222 g/mol. The molecule has 0 unspecified atom stereocenters. The van der Waals surface area contributed by atoms with E-state index in [9.17, 15) is 0 Å². The molecule has 0 bridgehead atoms. The van der Waals surface area contributed by atoms with Crippen LogP contribution in [0.25, 0.3) is 0 Å². The van der Waals surface area contributed by atoms with Crippen molar-refractivity contribution >= 4 is 0 Å². The van der Waals surface area contributed by atoms with Crippen LogP contribution in [-0.4, -0.2) is 37.6 Å². The summed E-state index contributed by atoms with van der Waals surface area (Å²) in [4.78, 5) is 2.64. The fraction of sp³-hybridized carbons (Fsp3) is 0.857. The van der Waals surface area contributed by atoms with Gasteiger partial charge in [-0.15, -0.1) is 0 Å². The van der Waals surface area contributed by atoms with Crippen LogP contribution in [0.15, 0.2) is 12.2 Å². The Morgan fingerprint density at radius 3 is 2.75 bits per heavy atom. The molecule has 0 aliphatic carbocycles. The molecule has 0 aromatic heterocycles. The van der Waals surface area contributed by atoms with Gasteiger partial charge in [0.15, 0.2) is 0 Å². The van der Waals surface area contributed by atoms with Crippen molar-refractivity contribution in [3.8, 4) is 0 Å². The molecule has 0 aromatic rings. The van der Waals surface area contributed by atoms with Gasteiger partial charge in [-0.05, 0) is 50.7 Å². The predicted molar refractivity (Wildman–Crippen MR) is 69.6 cm³/mol. The number of nitrogens with one attached hydrogen (secondary N) is 1. The van der Waals surface area contributed by atoms with E-state index >= 15 is 0 Å². The standard InChI is InChI=1S/C14H26N2/c1-2-3-4-5-11-16-12-8-14(13-16)6-9-15-10-7-14/h4-5,15H,2-3,6-13H2,1H3/b5-4+. The highest BCUT2D eigenvalue weighted by atomic mass is 15.2. The minimum absolute atomic E-state index is 0.670. The Morgan fingerprint density at radius 1 is 1.19 bits per heavy atom. The fourth-order valence-electron chi connectivity index (χ4n) is 3.06. The lowest BCUT2D eigenvalue weighted by atomic mass is 9.78. The highest BCUT2D eigenvalue weighted by Gasteiger charge is 2.38. The van der Waals surface area contributed by atoms with Crippen LogP contribution in [0.3, 0.4) is 0 Å². The van der Waals surface area contributed by atoms with E-state index < -0.39 is 0 Å². The maximum atomic E-state index is 3.48. The molecule has 1 spiro atoms. The molecular weight excluding hydrogens is 196 g/mol. The summed E-state index contributed by atoms with van der Waals surface area (Å²) in [5.74, 6) is 0. The molecule has 16 heavy (non-hydrogen) atoms. The molecule has 2 saturated heterocycles. The van der Waals surface area contributed by atoms with Crippen LogP contribution in [0, 0.1) is 5.41 Å². The summed E-state index contributed by atoms with van der Waals surface area (Å²) in [6, 6.07) is 0. The summed E-state index contributed by atoms with van der Waals surface area (Å²) in [7, 11) is 0. The zero-order valence-electron chi connectivity index (χ0n) is 10.7. The Kier molecular flexibility index (Phi) is 4.42. The number of hydrogen-bond acceptors (Lipinski definition) is 2. The number of nitrogens with zero attached hydrogens (tertiary/aromatic N) is 1. The average Bonchev–Trinajstić information content (AvgIpc) is 2.69. The van der Waals surface area contributed by atoms with Crippen LogP contribution in [0.4, 0.5) is 0 Å². The minimum atomic E-state index is 0.670. The molecule has 1 N–H and O–H groups in total. The van der Waals surface area contributed by atoms with Gasteiger partial charge in [0.1, 0.15) is 0 Å². The molecule has 0 radical (unpaired) electrons. The number of unbranched alkanes of at least 4 members (excludes halogenated alkanes) is 1. The van der Waals surface area contributed by atoms with E-state index in [4.69, 9.17) is 0 Å². The van der Waals surface area contributed by atoms with Crippen molar-refractivity contribution in [3.05, 3.63) is 12.2 Å². The van der Waals surface area contributed by atoms with Gasteiger partial charge >= 0.3 is 0 Å². The van der Waals surface area contributed by atoms with Gasteiger partial charge in [-0.1, -0.05) is 25.5 Å². The van der Waals surface area contributed by atoms with Gasteiger partial charge in [0.2, 0.25) is 0 Å². The molecule has 2 rings (SSSR count). The van der Waals surface area contributed by atoms with Gasteiger partial charge in [0.05, 0.1) is 0 Å². The Hall–Kier alpha value is -0.340. The van der Waals surface area contributed by atoms with Crippen LogP contribution >= 0.6 is 0 Å². The molecule has 2 heteroatoms. The van der Waals surface area contributed by atoms with Crippen LogP contribution in [0.1, 0.15) is 39.0 Å². The molecule has 2 heterocycles. The quantitative estimate of drug-likeness (QED) is 0.735. The summed E-state index contributed by atoms with van der Waals surface area (Å²) in [5.41, 5.74) is 0.670. The van der Waals surface area contributed by atoms with Crippen molar-refractivity contribution in [2.75, 3.05) is 32.7 Å². The first-order chi connectivity index (χ1) is 7.85. The Labute approximate surface area is 100 Å². The van der Waals surface area contributed by atoms with E-state index in [2.05, 4.69) is 29.3 Å². The molecule has 2 aliphatic heterocycles. The molecule has 0 amide bonds. The third kappa shape index (κ3) is 3.08. The van der Waals surface area contributed by atoms with Crippen LogP contribution < -0.4 is 5.32 Å².